The molecule has 1 atom stereocenters. The second-order valence-corrected chi connectivity index (χ2v) is 8.95. The van der Waals surface area contributed by atoms with Gasteiger partial charge in [0.1, 0.15) is 18.2 Å². The summed E-state index contributed by atoms with van der Waals surface area (Å²) in [6.07, 6.45) is -0.120. The van der Waals surface area contributed by atoms with E-state index in [4.69, 9.17) is 9.47 Å². The van der Waals surface area contributed by atoms with Gasteiger partial charge in [-0.2, -0.15) is 0 Å². The molecule has 32 heavy (non-hydrogen) atoms. The standard InChI is InChI=1S/C25H32N2O5/c1-17(2)15-21(23(29)31-16-18-9-7-6-8-10-18)27-22(28)19-11-13-20(14-12-19)26-24(30)32-25(3,4)5/h6-14,17,21H,15-16H2,1-5H3,(H,26,30)(H,27,28)/t21-/m0/s1. The van der Waals surface area contributed by atoms with Gasteiger partial charge in [0.05, 0.1) is 0 Å². The van der Waals surface area contributed by atoms with Crippen molar-refractivity contribution >= 4 is 23.7 Å². The molecule has 172 valence electrons. The van der Waals surface area contributed by atoms with Crippen LogP contribution in [-0.4, -0.2) is 29.6 Å². The monoisotopic (exact) mass is 440 g/mol. The van der Waals surface area contributed by atoms with E-state index in [0.29, 0.717) is 17.7 Å². The molecule has 0 unspecified atom stereocenters. The molecule has 2 rings (SSSR count). The average molecular weight is 441 g/mol. The van der Waals surface area contributed by atoms with Crippen LogP contribution >= 0.6 is 0 Å². The fraction of sp³-hybridized carbons (Fsp3) is 0.400. The molecule has 0 aromatic heterocycles. The van der Waals surface area contributed by atoms with Crippen LogP contribution in [0.15, 0.2) is 54.6 Å². The first kappa shape index (κ1) is 24.9. The zero-order valence-electron chi connectivity index (χ0n) is 19.3. The lowest BCUT2D eigenvalue weighted by Crippen LogP contribution is -2.42. The van der Waals surface area contributed by atoms with E-state index in [1.165, 1.54) is 0 Å². The third kappa shape index (κ3) is 8.79. The van der Waals surface area contributed by atoms with Crippen molar-refractivity contribution in [1.82, 2.24) is 5.32 Å². The highest BCUT2D eigenvalue weighted by Crippen LogP contribution is 2.14. The zero-order valence-corrected chi connectivity index (χ0v) is 19.3. The van der Waals surface area contributed by atoms with Crippen molar-refractivity contribution in [2.24, 2.45) is 5.92 Å². The molecule has 2 amide bonds. The van der Waals surface area contributed by atoms with E-state index in [-0.39, 0.29) is 12.5 Å². The van der Waals surface area contributed by atoms with E-state index in [0.717, 1.165) is 5.56 Å². The number of benzene rings is 2. The van der Waals surface area contributed by atoms with Gasteiger partial charge in [0.2, 0.25) is 0 Å². The number of esters is 1. The van der Waals surface area contributed by atoms with E-state index >= 15 is 0 Å². The smallest absolute Gasteiger partial charge is 0.412 e. The molecule has 7 nitrogen and oxygen atoms in total. The Morgan fingerprint density at radius 1 is 0.938 bits per heavy atom. The van der Waals surface area contributed by atoms with Gasteiger partial charge in [0.15, 0.2) is 0 Å². The van der Waals surface area contributed by atoms with Gasteiger partial charge < -0.3 is 14.8 Å². The highest BCUT2D eigenvalue weighted by atomic mass is 16.6. The van der Waals surface area contributed by atoms with Gasteiger partial charge >= 0.3 is 12.1 Å². The normalized spacial score (nSPS) is 12.1. The Morgan fingerprint density at radius 3 is 2.12 bits per heavy atom. The molecule has 0 fully saturated rings. The molecule has 0 radical (unpaired) electrons. The number of hydrogen-bond acceptors (Lipinski definition) is 5. The Morgan fingerprint density at radius 2 is 1.56 bits per heavy atom. The second kappa shape index (κ2) is 11.3. The van der Waals surface area contributed by atoms with Crippen LogP contribution in [-0.2, 0) is 20.9 Å². The SMILES string of the molecule is CC(C)C[C@H](NC(=O)c1ccc(NC(=O)OC(C)(C)C)cc1)C(=O)OCc1ccccc1. The largest absolute Gasteiger partial charge is 0.459 e. The maximum Gasteiger partial charge on any atom is 0.412 e. The topological polar surface area (TPSA) is 93.7 Å². The van der Waals surface area contributed by atoms with Gasteiger partial charge in [-0.15, -0.1) is 0 Å². The van der Waals surface area contributed by atoms with Crippen LogP contribution in [0, 0.1) is 5.92 Å². The van der Waals surface area contributed by atoms with E-state index < -0.39 is 29.6 Å². The summed E-state index contributed by atoms with van der Waals surface area (Å²) >= 11 is 0. The molecule has 0 bridgehead atoms. The summed E-state index contributed by atoms with van der Waals surface area (Å²) in [6, 6.07) is 15.0. The van der Waals surface area contributed by atoms with Crippen LogP contribution in [0.2, 0.25) is 0 Å². The molecule has 0 saturated heterocycles. The summed E-state index contributed by atoms with van der Waals surface area (Å²) in [5.41, 5.74) is 1.13. The number of anilines is 1. The highest BCUT2D eigenvalue weighted by molar-refractivity contribution is 5.97. The lowest BCUT2D eigenvalue weighted by atomic mass is 10.0. The van der Waals surface area contributed by atoms with Crippen molar-refractivity contribution in [3.05, 3.63) is 65.7 Å². The molecular weight excluding hydrogens is 408 g/mol. The van der Waals surface area contributed by atoms with Gasteiger partial charge in [-0.1, -0.05) is 44.2 Å². The summed E-state index contributed by atoms with van der Waals surface area (Å²) in [5, 5.41) is 5.38. The van der Waals surface area contributed by atoms with E-state index in [9.17, 15) is 14.4 Å². The van der Waals surface area contributed by atoms with Crippen molar-refractivity contribution in [1.29, 1.82) is 0 Å². The van der Waals surface area contributed by atoms with Crippen LogP contribution in [0.5, 0.6) is 0 Å². The van der Waals surface area contributed by atoms with Gasteiger partial charge in [-0.05, 0) is 62.9 Å². The molecule has 0 saturated carbocycles. The van der Waals surface area contributed by atoms with Crippen molar-refractivity contribution in [3.63, 3.8) is 0 Å². The Hall–Kier alpha value is -3.35. The minimum atomic E-state index is -0.759. The predicted octanol–water partition coefficient (Wildman–Crippen LogP) is 4.92. The van der Waals surface area contributed by atoms with Crippen LogP contribution < -0.4 is 10.6 Å². The minimum Gasteiger partial charge on any atom is -0.459 e. The van der Waals surface area contributed by atoms with Gasteiger partial charge in [-0.3, -0.25) is 10.1 Å². The number of carbonyl (C=O) groups excluding carboxylic acids is 3. The summed E-state index contributed by atoms with van der Waals surface area (Å²) in [4.78, 5) is 37.2. The van der Waals surface area contributed by atoms with Crippen molar-refractivity contribution < 1.29 is 23.9 Å². The van der Waals surface area contributed by atoms with Crippen LogP contribution in [0.3, 0.4) is 0 Å². The molecule has 0 spiro atoms. The summed E-state index contributed by atoms with van der Waals surface area (Å²) in [7, 11) is 0. The summed E-state index contributed by atoms with van der Waals surface area (Å²) in [5.74, 6) is -0.680. The van der Waals surface area contributed by atoms with Gasteiger partial charge in [-0.25, -0.2) is 9.59 Å². The number of nitrogens with one attached hydrogen (secondary N) is 2. The molecule has 0 aliphatic heterocycles. The number of carbonyl (C=O) groups is 3. The number of hydrogen-bond donors (Lipinski definition) is 2. The fourth-order valence-corrected chi connectivity index (χ4v) is 2.88. The lowest BCUT2D eigenvalue weighted by molar-refractivity contribution is -0.147. The van der Waals surface area contributed by atoms with E-state index in [1.54, 1.807) is 45.0 Å². The number of amides is 2. The zero-order chi connectivity index (χ0) is 23.7. The van der Waals surface area contributed by atoms with Crippen molar-refractivity contribution in [2.75, 3.05) is 5.32 Å². The molecule has 2 aromatic carbocycles. The fourth-order valence-electron chi connectivity index (χ4n) is 2.88. The lowest BCUT2D eigenvalue weighted by Gasteiger charge is -2.20. The van der Waals surface area contributed by atoms with Gasteiger partial charge in [0.25, 0.3) is 5.91 Å². The highest BCUT2D eigenvalue weighted by Gasteiger charge is 2.24. The molecular formula is C25H32N2O5. The summed E-state index contributed by atoms with van der Waals surface area (Å²) < 4.78 is 10.6. The number of rotatable bonds is 8. The molecule has 2 aromatic rings. The second-order valence-electron chi connectivity index (χ2n) is 8.95. The Labute approximate surface area is 189 Å². The Bertz CT molecular complexity index is 902. The van der Waals surface area contributed by atoms with Crippen molar-refractivity contribution in [2.45, 2.75) is 59.3 Å². The maximum absolute atomic E-state index is 12.7. The molecule has 0 heterocycles. The van der Waals surface area contributed by atoms with Crippen molar-refractivity contribution in [3.8, 4) is 0 Å². The van der Waals surface area contributed by atoms with E-state index in [2.05, 4.69) is 10.6 Å². The third-order valence-corrected chi connectivity index (χ3v) is 4.31. The first-order valence-electron chi connectivity index (χ1n) is 10.6. The van der Waals surface area contributed by atoms with Crippen LogP contribution in [0.1, 0.15) is 57.0 Å². The van der Waals surface area contributed by atoms with E-state index in [1.807, 2.05) is 44.2 Å². The summed E-state index contributed by atoms with van der Waals surface area (Å²) in [6.45, 7) is 9.42. The quantitative estimate of drug-likeness (QED) is 0.568. The minimum absolute atomic E-state index is 0.148. The van der Waals surface area contributed by atoms with Gasteiger partial charge in [0, 0.05) is 11.3 Å². The Kier molecular flexibility index (Phi) is 8.81. The third-order valence-electron chi connectivity index (χ3n) is 4.31. The first-order valence-corrected chi connectivity index (χ1v) is 10.6. The molecule has 7 heteroatoms. The van der Waals surface area contributed by atoms with Crippen LogP contribution in [0.4, 0.5) is 10.5 Å². The van der Waals surface area contributed by atoms with Crippen LogP contribution in [0.25, 0.3) is 0 Å². The molecule has 2 N–H and O–H groups in total. The predicted molar refractivity (Wildman–Crippen MR) is 123 cm³/mol. The first-order chi connectivity index (χ1) is 15.0. The maximum atomic E-state index is 12.7. The molecule has 0 aliphatic carbocycles. The average Bonchev–Trinajstić information content (AvgIpc) is 2.71. The Balaban J connectivity index is 1.98. The molecule has 0 aliphatic rings. The number of ether oxygens (including phenoxy) is 2.